The van der Waals surface area contributed by atoms with E-state index >= 15 is 0 Å². The van der Waals surface area contributed by atoms with Crippen LogP contribution < -0.4 is 5.32 Å². The number of carbonyl (C=O) groups excluding carboxylic acids is 2. The molecule has 1 amide bonds. The lowest BCUT2D eigenvalue weighted by atomic mass is 10.1. The number of esters is 1. The topological polar surface area (TPSA) is 98.5 Å². The molecule has 1 unspecified atom stereocenters. The third-order valence-corrected chi connectivity index (χ3v) is 3.34. The summed E-state index contributed by atoms with van der Waals surface area (Å²) in [6, 6.07) is 12.4. The summed E-state index contributed by atoms with van der Waals surface area (Å²) >= 11 is 0. The number of benzene rings is 2. The average Bonchev–Trinajstić information content (AvgIpc) is 2.55. The number of ether oxygens (including phenoxy) is 1. The molecule has 0 aromatic heterocycles. The van der Waals surface area contributed by atoms with Crippen molar-refractivity contribution in [2.45, 2.75) is 20.0 Å². The van der Waals surface area contributed by atoms with Crippen molar-refractivity contribution in [1.29, 1.82) is 0 Å². The molecule has 7 heteroatoms. The molecule has 1 N–H and O–H groups in total. The van der Waals surface area contributed by atoms with Crippen LogP contribution >= 0.6 is 0 Å². The lowest BCUT2D eigenvalue weighted by molar-refractivity contribution is -0.384. The van der Waals surface area contributed by atoms with Crippen molar-refractivity contribution >= 4 is 23.3 Å². The maximum absolute atomic E-state index is 12.1. The summed E-state index contributed by atoms with van der Waals surface area (Å²) in [5, 5.41) is 13.2. The van der Waals surface area contributed by atoms with Gasteiger partial charge in [0, 0.05) is 17.8 Å². The Morgan fingerprint density at radius 2 is 1.88 bits per heavy atom. The van der Waals surface area contributed by atoms with E-state index in [4.69, 9.17) is 4.74 Å². The minimum atomic E-state index is -1.05. The zero-order valence-corrected chi connectivity index (χ0v) is 13.2. The Balaban J connectivity index is 2.02. The van der Waals surface area contributed by atoms with E-state index < -0.39 is 22.9 Å². The van der Waals surface area contributed by atoms with Gasteiger partial charge >= 0.3 is 5.97 Å². The Kier molecular flexibility index (Phi) is 5.26. The maximum Gasteiger partial charge on any atom is 0.339 e. The number of hydrogen-bond acceptors (Lipinski definition) is 5. The summed E-state index contributed by atoms with van der Waals surface area (Å²) in [5.74, 6) is -1.17. The van der Waals surface area contributed by atoms with Crippen molar-refractivity contribution in [1.82, 2.24) is 0 Å². The van der Waals surface area contributed by atoms with Crippen LogP contribution in [0.15, 0.2) is 48.5 Å². The lowest BCUT2D eigenvalue weighted by Gasteiger charge is -2.14. The number of nitrogens with one attached hydrogen (secondary N) is 1. The minimum Gasteiger partial charge on any atom is -0.449 e. The van der Waals surface area contributed by atoms with Crippen LogP contribution in [-0.2, 0) is 9.53 Å². The summed E-state index contributed by atoms with van der Waals surface area (Å²) in [7, 11) is 0. The molecule has 0 aliphatic rings. The molecule has 0 radical (unpaired) electrons. The number of aryl methyl sites for hydroxylation is 1. The van der Waals surface area contributed by atoms with Crippen LogP contribution in [-0.4, -0.2) is 22.9 Å². The largest absolute Gasteiger partial charge is 0.449 e. The van der Waals surface area contributed by atoms with Crippen LogP contribution in [0.5, 0.6) is 0 Å². The zero-order valence-electron chi connectivity index (χ0n) is 13.2. The number of non-ortho nitro benzene ring substituents is 1. The normalized spacial score (nSPS) is 11.4. The van der Waals surface area contributed by atoms with Gasteiger partial charge in [0.05, 0.1) is 10.5 Å². The Hall–Kier alpha value is -3.22. The molecule has 2 rings (SSSR count). The van der Waals surface area contributed by atoms with E-state index in [0.717, 1.165) is 5.56 Å². The molecule has 0 saturated carbocycles. The highest BCUT2D eigenvalue weighted by atomic mass is 16.6. The van der Waals surface area contributed by atoms with Gasteiger partial charge in [-0.3, -0.25) is 14.9 Å². The molecule has 1 atom stereocenters. The van der Waals surface area contributed by atoms with Gasteiger partial charge < -0.3 is 10.1 Å². The fraction of sp³-hybridized carbons (Fsp3) is 0.176. The molecule has 2 aromatic carbocycles. The first kappa shape index (κ1) is 17.1. The highest BCUT2D eigenvalue weighted by Gasteiger charge is 2.20. The van der Waals surface area contributed by atoms with E-state index in [1.807, 2.05) is 0 Å². The number of hydrogen-bond donors (Lipinski definition) is 1. The van der Waals surface area contributed by atoms with Gasteiger partial charge in [-0.05, 0) is 31.5 Å². The minimum absolute atomic E-state index is 0.141. The Bertz CT molecular complexity index is 788. The molecule has 0 spiro atoms. The predicted octanol–water partition coefficient (Wildman–Crippen LogP) is 3.09. The first-order chi connectivity index (χ1) is 11.4. The molecule has 0 aliphatic heterocycles. The summed E-state index contributed by atoms with van der Waals surface area (Å²) in [4.78, 5) is 34.3. The molecule has 2 aromatic rings. The maximum atomic E-state index is 12.1. The second-order valence-corrected chi connectivity index (χ2v) is 5.16. The van der Waals surface area contributed by atoms with Gasteiger partial charge in [-0.25, -0.2) is 4.79 Å². The zero-order chi connectivity index (χ0) is 17.7. The van der Waals surface area contributed by atoms with E-state index in [-0.39, 0.29) is 11.4 Å². The SMILES string of the molecule is Cc1ccccc1C(=O)OC(C)C(=O)Nc1cccc([N+](=O)[O-])c1. The van der Waals surface area contributed by atoms with Crippen LogP contribution in [0.25, 0.3) is 0 Å². The number of anilines is 1. The van der Waals surface area contributed by atoms with E-state index in [2.05, 4.69) is 5.32 Å². The summed E-state index contributed by atoms with van der Waals surface area (Å²) in [5.41, 5.74) is 1.24. The van der Waals surface area contributed by atoms with Crippen LogP contribution in [0.1, 0.15) is 22.8 Å². The Morgan fingerprint density at radius 3 is 2.54 bits per heavy atom. The summed E-state index contributed by atoms with van der Waals surface area (Å²) < 4.78 is 5.14. The number of amides is 1. The number of rotatable bonds is 5. The van der Waals surface area contributed by atoms with Crippen molar-refractivity contribution in [2.24, 2.45) is 0 Å². The first-order valence-corrected chi connectivity index (χ1v) is 7.20. The third kappa shape index (κ3) is 4.16. The second kappa shape index (κ2) is 7.36. The number of nitro benzene ring substituents is 1. The van der Waals surface area contributed by atoms with Gasteiger partial charge in [-0.2, -0.15) is 0 Å². The number of nitro groups is 1. The fourth-order valence-electron chi connectivity index (χ4n) is 2.02. The molecule has 0 bridgehead atoms. The van der Waals surface area contributed by atoms with Crippen LogP contribution in [0, 0.1) is 17.0 Å². The molecular weight excluding hydrogens is 312 g/mol. The van der Waals surface area contributed by atoms with Crippen molar-refractivity contribution in [3.63, 3.8) is 0 Å². The van der Waals surface area contributed by atoms with Gasteiger partial charge in [0.15, 0.2) is 6.10 Å². The predicted molar refractivity (Wildman–Crippen MR) is 87.8 cm³/mol. The van der Waals surface area contributed by atoms with Gasteiger partial charge in [-0.1, -0.05) is 24.3 Å². The Labute approximate surface area is 138 Å². The van der Waals surface area contributed by atoms with E-state index in [9.17, 15) is 19.7 Å². The average molecular weight is 328 g/mol. The van der Waals surface area contributed by atoms with Gasteiger partial charge in [-0.15, -0.1) is 0 Å². The van der Waals surface area contributed by atoms with Crippen LogP contribution in [0.2, 0.25) is 0 Å². The smallest absolute Gasteiger partial charge is 0.339 e. The van der Waals surface area contributed by atoms with Crippen LogP contribution in [0.4, 0.5) is 11.4 Å². The third-order valence-electron chi connectivity index (χ3n) is 3.34. The van der Waals surface area contributed by atoms with Gasteiger partial charge in [0.1, 0.15) is 0 Å². The highest BCUT2D eigenvalue weighted by Crippen LogP contribution is 2.17. The van der Waals surface area contributed by atoms with E-state index in [1.54, 1.807) is 31.2 Å². The van der Waals surface area contributed by atoms with Gasteiger partial charge in [0.2, 0.25) is 0 Å². The molecule has 0 heterocycles. The molecule has 24 heavy (non-hydrogen) atoms. The van der Waals surface area contributed by atoms with Crippen molar-refractivity contribution in [3.8, 4) is 0 Å². The standard InChI is InChI=1S/C17H16N2O5/c1-11-6-3-4-9-15(11)17(21)24-12(2)16(20)18-13-7-5-8-14(10-13)19(22)23/h3-10,12H,1-2H3,(H,18,20). The number of carbonyl (C=O) groups is 2. The van der Waals surface area contributed by atoms with Crippen molar-refractivity contribution in [2.75, 3.05) is 5.32 Å². The van der Waals surface area contributed by atoms with Crippen molar-refractivity contribution < 1.29 is 19.2 Å². The van der Waals surface area contributed by atoms with E-state index in [0.29, 0.717) is 5.56 Å². The number of nitrogens with zero attached hydrogens (tertiary/aromatic N) is 1. The fourth-order valence-corrected chi connectivity index (χ4v) is 2.02. The summed E-state index contributed by atoms with van der Waals surface area (Å²) in [6.07, 6.45) is -1.05. The monoisotopic (exact) mass is 328 g/mol. The highest BCUT2D eigenvalue weighted by molar-refractivity contribution is 5.97. The second-order valence-electron chi connectivity index (χ2n) is 5.16. The molecular formula is C17H16N2O5. The molecule has 0 fully saturated rings. The molecule has 7 nitrogen and oxygen atoms in total. The molecule has 0 aliphatic carbocycles. The Morgan fingerprint density at radius 1 is 1.17 bits per heavy atom. The van der Waals surface area contributed by atoms with Crippen molar-refractivity contribution in [3.05, 3.63) is 69.8 Å². The summed E-state index contributed by atoms with van der Waals surface area (Å²) in [6.45, 7) is 3.20. The molecule has 124 valence electrons. The van der Waals surface area contributed by atoms with E-state index in [1.165, 1.54) is 31.2 Å². The first-order valence-electron chi connectivity index (χ1n) is 7.20. The van der Waals surface area contributed by atoms with Crippen LogP contribution in [0.3, 0.4) is 0 Å². The van der Waals surface area contributed by atoms with Gasteiger partial charge in [0.25, 0.3) is 11.6 Å². The lowest BCUT2D eigenvalue weighted by Crippen LogP contribution is -2.30. The quantitative estimate of drug-likeness (QED) is 0.516. The molecule has 0 saturated heterocycles.